The zero-order valence-corrected chi connectivity index (χ0v) is 16.6. The van der Waals surface area contributed by atoms with E-state index >= 15 is 0 Å². The Kier molecular flexibility index (Phi) is 6.32. The molecule has 2 heterocycles. The minimum absolute atomic E-state index is 0.0161. The summed E-state index contributed by atoms with van der Waals surface area (Å²) in [6.45, 7) is 5.08. The predicted molar refractivity (Wildman–Crippen MR) is 109 cm³/mol. The molecule has 9 heteroatoms. The number of nitrogens with zero attached hydrogens (tertiary/aromatic N) is 3. The largest absolute Gasteiger partial charge is 0.484 e. The van der Waals surface area contributed by atoms with Crippen molar-refractivity contribution in [1.29, 1.82) is 0 Å². The average molecular weight is 415 g/mol. The van der Waals surface area contributed by atoms with Gasteiger partial charge in [-0.2, -0.15) is 0 Å². The third kappa shape index (κ3) is 4.99. The second-order valence-electron chi connectivity index (χ2n) is 7.45. The van der Waals surface area contributed by atoms with Crippen LogP contribution in [0.2, 0.25) is 0 Å². The molecule has 9 nitrogen and oxygen atoms in total. The molecule has 2 aromatic rings. The van der Waals surface area contributed by atoms with Crippen LogP contribution in [0.4, 0.5) is 5.69 Å². The number of hydrogen-bond donors (Lipinski definition) is 1. The average Bonchev–Trinajstić information content (AvgIpc) is 3.22. The van der Waals surface area contributed by atoms with Crippen molar-refractivity contribution >= 4 is 5.69 Å². The summed E-state index contributed by atoms with van der Waals surface area (Å²) in [5.41, 5.74) is 1.09. The number of β-amino-alcohol motifs (C(OH)–C–C–N with tert-alkyl or cyclic N) is 1. The molecule has 1 N–H and O–H groups in total. The minimum atomic E-state index is -0.717. The number of piperazine rings is 1. The second-order valence-corrected chi connectivity index (χ2v) is 7.45. The van der Waals surface area contributed by atoms with Crippen LogP contribution in [-0.4, -0.2) is 72.1 Å². The first-order valence-electron chi connectivity index (χ1n) is 9.96. The van der Waals surface area contributed by atoms with Crippen LogP contribution < -0.4 is 14.2 Å². The van der Waals surface area contributed by atoms with E-state index in [9.17, 15) is 15.2 Å². The van der Waals surface area contributed by atoms with Crippen LogP contribution in [-0.2, 0) is 6.54 Å². The summed E-state index contributed by atoms with van der Waals surface area (Å²) in [6, 6.07) is 12.2. The third-order valence-electron chi connectivity index (χ3n) is 5.27. The molecule has 4 rings (SSSR count). The molecule has 1 atom stereocenters. The van der Waals surface area contributed by atoms with E-state index in [4.69, 9.17) is 14.2 Å². The number of para-hydroxylation sites is 2. The molecule has 0 aromatic heterocycles. The highest BCUT2D eigenvalue weighted by Gasteiger charge is 2.22. The maximum Gasteiger partial charge on any atom is 0.310 e. The normalized spacial score (nSPS) is 17.6. The molecule has 160 valence electrons. The van der Waals surface area contributed by atoms with Crippen molar-refractivity contribution in [2.45, 2.75) is 12.6 Å². The molecular weight excluding hydrogens is 390 g/mol. The Labute approximate surface area is 174 Å². The van der Waals surface area contributed by atoms with Gasteiger partial charge in [-0.05, 0) is 23.8 Å². The Morgan fingerprint density at radius 2 is 1.80 bits per heavy atom. The van der Waals surface area contributed by atoms with Crippen LogP contribution in [0, 0.1) is 10.1 Å². The minimum Gasteiger partial charge on any atom is -0.484 e. The fourth-order valence-electron chi connectivity index (χ4n) is 3.69. The van der Waals surface area contributed by atoms with Crippen LogP contribution in [0.25, 0.3) is 0 Å². The lowest BCUT2D eigenvalue weighted by molar-refractivity contribution is -0.385. The van der Waals surface area contributed by atoms with Crippen molar-refractivity contribution in [2.24, 2.45) is 0 Å². The molecule has 1 fully saturated rings. The first kappa shape index (κ1) is 20.4. The van der Waals surface area contributed by atoms with Gasteiger partial charge in [0, 0.05) is 45.3 Å². The highest BCUT2D eigenvalue weighted by Crippen LogP contribution is 2.33. The monoisotopic (exact) mass is 415 g/mol. The summed E-state index contributed by atoms with van der Waals surface area (Å²) >= 11 is 0. The molecule has 0 amide bonds. The number of nitro benzene ring substituents is 1. The molecule has 30 heavy (non-hydrogen) atoms. The lowest BCUT2D eigenvalue weighted by Gasteiger charge is -2.35. The Hall–Kier alpha value is -2.88. The Bertz CT molecular complexity index is 885. The molecule has 0 spiro atoms. The third-order valence-corrected chi connectivity index (χ3v) is 5.27. The summed E-state index contributed by atoms with van der Waals surface area (Å²) in [6.07, 6.45) is -0.717. The summed E-state index contributed by atoms with van der Waals surface area (Å²) in [4.78, 5) is 15.1. The molecule has 0 saturated carbocycles. The lowest BCUT2D eigenvalue weighted by Crippen LogP contribution is -2.48. The van der Waals surface area contributed by atoms with E-state index in [0.29, 0.717) is 6.54 Å². The van der Waals surface area contributed by atoms with Crippen LogP contribution in [0.15, 0.2) is 42.5 Å². The number of hydrogen-bond acceptors (Lipinski definition) is 8. The van der Waals surface area contributed by atoms with Crippen LogP contribution in [0.1, 0.15) is 5.56 Å². The van der Waals surface area contributed by atoms with E-state index < -0.39 is 11.0 Å². The highest BCUT2D eigenvalue weighted by molar-refractivity contribution is 5.46. The van der Waals surface area contributed by atoms with Gasteiger partial charge in [-0.1, -0.05) is 18.2 Å². The van der Waals surface area contributed by atoms with Gasteiger partial charge in [0.1, 0.15) is 12.7 Å². The lowest BCUT2D eigenvalue weighted by atomic mass is 10.1. The molecule has 0 unspecified atom stereocenters. The molecule has 2 aliphatic heterocycles. The number of nitro groups is 1. The van der Waals surface area contributed by atoms with Crippen molar-refractivity contribution < 1.29 is 24.2 Å². The van der Waals surface area contributed by atoms with Gasteiger partial charge >= 0.3 is 5.69 Å². The standard InChI is InChI=1S/C21H25N3O6/c25-17(14-28-19-4-2-1-3-18(19)24(26)27)13-23-9-7-22(8-10-23)12-16-5-6-20-21(11-16)30-15-29-20/h1-6,11,17,25H,7-10,12-15H2/t17-/m1/s1. The number of ether oxygens (including phenoxy) is 3. The molecule has 2 aromatic carbocycles. The van der Waals surface area contributed by atoms with Gasteiger partial charge in [0.25, 0.3) is 0 Å². The van der Waals surface area contributed by atoms with Gasteiger partial charge in [-0.25, -0.2) is 0 Å². The molecule has 2 aliphatic rings. The second kappa shape index (κ2) is 9.29. The Morgan fingerprint density at radius 1 is 1.07 bits per heavy atom. The first-order chi connectivity index (χ1) is 14.6. The number of aliphatic hydroxyl groups is 1. The first-order valence-corrected chi connectivity index (χ1v) is 9.96. The van der Waals surface area contributed by atoms with Crippen molar-refractivity contribution in [2.75, 3.05) is 46.1 Å². The van der Waals surface area contributed by atoms with E-state index in [0.717, 1.165) is 44.2 Å². The molecule has 0 aliphatic carbocycles. The van der Waals surface area contributed by atoms with Gasteiger partial charge in [0.05, 0.1) is 4.92 Å². The summed E-state index contributed by atoms with van der Waals surface area (Å²) in [5, 5.41) is 21.3. The van der Waals surface area contributed by atoms with E-state index in [2.05, 4.69) is 15.9 Å². The van der Waals surface area contributed by atoms with E-state index in [1.54, 1.807) is 18.2 Å². The van der Waals surface area contributed by atoms with Crippen molar-refractivity contribution in [3.8, 4) is 17.2 Å². The topological polar surface area (TPSA) is 97.5 Å². The fraction of sp³-hybridized carbons (Fsp3) is 0.429. The van der Waals surface area contributed by atoms with Gasteiger partial charge in [0.2, 0.25) is 6.79 Å². The van der Waals surface area contributed by atoms with Crippen LogP contribution in [0.5, 0.6) is 17.2 Å². The maximum absolute atomic E-state index is 11.0. The number of fused-ring (bicyclic) bond motifs is 1. The smallest absolute Gasteiger partial charge is 0.310 e. The summed E-state index contributed by atoms with van der Waals surface area (Å²) in [7, 11) is 0. The van der Waals surface area contributed by atoms with Crippen LogP contribution >= 0.6 is 0 Å². The predicted octanol–water partition coefficient (Wildman–Crippen LogP) is 1.88. The van der Waals surface area contributed by atoms with Gasteiger partial charge in [-0.15, -0.1) is 0 Å². The zero-order valence-electron chi connectivity index (χ0n) is 16.6. The summed E-state index contributed by atoms with van der Waals surface area (Å²) in [5.74, 6) is 1.77. The SMILES string of the molecule is O=[N+]([O-])c1ccccc1OC[C@H](O)CN1CCN(Cc2ccc3c(c2)OCO3)CC1. The van der Waals surface area contributed by atoms with E-state index in [1.165, 1.54) is 11.6 Å². The van der Waals surface area contributed by atoms with Gasteiger partial charge in [-0.3, -0.25) is 19.9 Å². The molecular formula is C21H25N3O6. The quantitative estimate of drug-likeness (QED) is 0.516. The van der Waals surface area contributed by atoms with Gasteiger partial charge in [0.15, 0.2) is 17.2 Å². The highest BCUT2D eigenvalue weighted by atomic mass is 16.7. The van der Waals surface area contributed by atoms with Gasteiger partial charge < -0.3 is 19.3 Å². The van der Waals surface area contributed by atoms with Crippen LogP contribution in [0.3, 0.4) is 0 Å². The van der Waals surface area contributed by atoms with E-state index in [1.807, 2.05) is 12.1 Å². The molecule has 0 radical (unpaired) electrons. The zero-order chi connectivity index (χ0) is 20.9. The number of rotatable bonds is 8. The van der Waals surface area contributed by atoms with Crippen molar-refractivity contribution in [1.82, 2.24) is 9.80 Å². The van der Waals surface area contributed by atoms with Crippen molar-refractivity contribution in [3.63, 3.8) is 0 Å². The fourth-order valence-corrected chi connectivity index (χ4v) is 3.69. The number of benzene rings is 2. The maximum atomic E-state index is 11.0. The number of aliphatic hydroxyl groups excluding tert-OH is 1. The summed E-state index contributed by atoms with van der Waals surface area (Å²) < 4.78 is 16.3. The molecule has 0 bridgehead atoms. The van der Waals surface area contributed by atoms with E-state index in [-0.39, 0.29) is 24.8 Å². The Morgan fingerprint density at radius 3 is 2.60 bits per heavy atom. The van der Waals surface area contributed by atoms with Crippen molar-refractivity contribution in [3.05, 3.63) is 58.1 Å². The Balaban J connectivity index is 1.20. The molecule has 1 saturated heterocycles.